The number of rotatable bonds is 2. The quantitative estimate of drug-likeness (QED) is 0.790. The van der Waals surface area contributed by atoms with Crippen LogP contribution in [0, 0.1) is 17.8 Å². The van der Waals surface area contributed by atoms with Crippen LogP contribution >= 0.6 is 0 Å². The molecule has 110 valence electrons. The van der Waals surface area contributed by atoms with Crippen molar-refractivity contribution in [2.45, 2.75) is 51.6 Å². The van der Waals surface area contributed by atoms with E-state index in [2.05, 4.69) is 31.1 Å². The van der Waals surface area contributed by atoms with Crippen LogP contribution in [0.15, 0.2) is 0 Å². The minimum Gasteiger partial charge on any atom is -0.353 e. The van der Waals surface area contributed by atoms with Crippen LogP contribution in [0.3, 0.4) is 0 Å². The molecule has 0 aromatic heterocycles. The minimum atomic E-state index is 0.130. The first kappa shape index (κ1) is 14.8. The highest BCUT2D eigenvalue weighted by molar-refractivity contribution is 5.79. The SMILES string of the molecule is CC1CC(N)CC(C(=O)NC2CCN(C)CC2C)C1. The van der Waals surface area contributed by atoms with Crippen molar-refractivity contribution in [3.8, 4) is 0 Å². The van der Waals surface area contributed by atoms with Crippen LogP contribution in [-0.4, -0.2) is 43.0 Å². The van der Waals surface area contributed by atoms with E-state index in [9.17, 15) is 4.79 Å². The molecule has 4 nitrogen and oxygen atoms in total. The highest BCUT2D eigenvalue weighted by Crippen LogP contribution is 2.28. The summed E-state index contributed by atoms with van der Waals surface area (Å²) >= 11 is 0. The zero-order valence-electron chi connectivity index (χ0n) is 12.6. The highest BCUT2D eigenvalue weighted by Gasteiger charge is 2.32. The van der Waals surface area contributed by atoms with E-state index >= 15 is 0 Å². The van der Waals surface area contributed by atoms with Gasteiger partial charge in [-0.05, 0) is 51.1 Å². The molecule has 2 fully saturated rings. The normalized spacial score (nSPS) is 40.9. The minimum absolute atomic E-state index is 0.130. The Bertz CT molecular complexity index is 311. The lowest BCUT2D eigenvalue weighted by Crippen LogP contribution is -2.51. The number of nitrogens with one attached hydrogen (secondary N) is 1. The third kappa shape index (κ3) is 3.93. The van der Waals surface area contributed by atoms with E-state index in [1.54, 1.807) is 0 Å². The van der Waals surface area contributed by atoms with Gasteiger partial charge < -0.3 is 16.0 Å². The maximum absolute atomic E-state index is 12.4. The lowest BCUT2D eigenvalue weighted by atomic mass is 9.79. The van der Waals surface area contributed by atoms with Gasteiger partial charge in [0.05, 0.1) is 0 Å². The molecule has 0 spiro atoms. The van der Waals surface area contributed by atoms with Gasteiger partial charge in [0.2, 0.25) is 5.91 Å². The summed E-state index contributed by atoms with van der Waals surface area (Å²) < 4.78 is 0. The third-order valence-corrected chi connectivity index (χ3v) is 4.79. The maximum atomic E-state index is 12.4. The monoisotopic (exact) mass is 267 g/mol. The first-order chi connectivity index (χ1) is 8.95. The predicted octanol–water partition coefficient (Wildman–Crippen LogP) is 1.21. The Kier molecular flexibility index (Phi) is 4.85. The Hall–Kier alpha value is -0.610. The smallest absolute Gasteiger partial charge is 0.223 e. The number of carbonyl (C=O) groups is 1. The number of piperidine rings is 1. The van der Waals surface area contributed by atoms with Gasteiger partial charge in [-0.1, -0.05) is 13.8 Å². The molecular weight excluding hydrogens is 238 g/mol. The molecule has 1 amide bonds. The number of nitrogens with zero attached hydrogens (tertiary/aromatic N) is 1. The number of hydrogen-bond acceptors (Lipinski definition) is 3. The number of hydrogen-bond donors (Lipinski definition) is 2. The molecule has 1 saturated heterocycles. The molecule has 2 aliphatic rings. The summed E-state index contributed by atoms with van der Waals surface area (Å²) in [6, 6.07) is 0.548. The van der Waals surface area contributed by atoms with E-state index in [0.29, 0.717) is 17.9 Å². The van der Waals surface area contributed by atoms with Gasteiger partial charge in [-0.3, -0.25) is 4.79 Å². The molecule has 19 heavy (non-hydrogen) atoms. The molecule has 1 saturated carbocycles. The summed E-state index contributed by atoms with van der Waals surface area (Å²) in [4.78, 5) is 14.7. The van der Waals surface area contributed by atoms with Crippen molar-refractivity contribution in [1.82, 2.24) is 10.2 Å². The number of carbonyl (C=O) groups excluding carboxylic acids is 1. The molecule has 4 heteroatoms. The second kappa shape index (κ2) is 6.23. The molecule has 0 aromatic carbocycles. The Balaban J connectivity index is 1.86. The van der Waals surface area contributed by atoms with Gasteiger partial charge in [0.25, 0.3) is 0 Å². The first-order valence-electron chi connectivity index (χ1n) is 7.70. The van der Waals surface area contributed by atoms with Crippen molar-refractivity contribution < 1.29 is 4.79 Å². The maximum Gasteiger partial charge on any atom is 0.223 e. The molecule has 2 rings (SSSR count). The Morgan fingerprint density at radius 3 is 2.63 bits per heavy atom. The average molecular weight is 267 g/mol. The Morgan fingerprint density at radius 2 is 2.00 bits per heavy atom. The van der Waals surface area contributed by atoms with Crippen molar-refractivity contribution in [1.29, 1.82) is 0 Å². The molecule has 0 aromatic rings. The summed E-state index contributed by atoms with van der Waals surface area (Å²) in [5.41, 5.74) is 6.05. The van der Waals surface area contributed by atoms with Crippen molar-refractivity contribution in [3.05, 3.63) is 0 Å². The van der Waals surface area contributed by atoms with E-state index in [4.69, 9.17) is 5.73 Å². The Morgan fingerprint density at radius 1 is 1.26 bits per heavy atom. The lowest BCUT2D eigenvalue weighted by molar-refractivity contribution is -0.128. The van der Waals surface area contributed by atoms with Crippen molar-refractivity contribution in [2.75, 3.05) is 20.1 Å². The van der Waals surface area contributed by atoms with Crippen LogP contribution in [0.1, 0.15) is 39.5 Å². The predicted molar refractivity (Wildman–Crippen MR) is 77.7 cm³/mol. The van der Waals surface area contributed by atoms with Crippen LogP contribution in [0.4, 0.5) is 0 Å². The summed E-state index contributed by atoms with van der Waals surface area (Å²) in [6.45, 7) is 6.59. The van der Waals surface area contributed by atoms with Crippen LogP contribution in [0.2, 0.25) is 0 Å². The van der Waals surface area contributed by atoms with Crippen molar-refractivity contribution in [2.24, 2.45) is 23.5 Å². The molecule has 5 atom stereocenters. The van der Waals surface area contributed by atoms with Crippen LogP contribution < -0.4 is 11.1 Å². The fourth-order valence-corrected chi connectivity index (χ4v) is 3.74. The second-order valence-corrected chi connectivity index (χ2v) is 6.91. The van der Waals surface area contributed by atoms with Crippen LogP contribution in [0.5, 0.6) is 0 Å². The molecule has 5 unspecified atom stereocenters. The Labute approximate surface area is 117 Å². The topological polar surface area (TPSA) is 58.4 Å². The standard InChI is InChI=1S/C15H29N3O/c1-10-6-12(8-13(16)7-10)15(19)17-14-4-5-18(3)9-11(14)2/h10-14H,4-9,16H2,1-3H3,(H,17,19). The second-order valence-electron chi connectivity index (χ2n) is 6.91. The van der Waals surface area contributed by atoms with Crippen LogP contribution in [-0.2, 0) is 4.79 Å². The van der Waals surface area contributed by atoms with Crippen molar-refractivity contribution >= 4 is 5.91 Å². The molecule has 0 radical (unpaired) electrons. The largest absolute Gasteiger partial charge is 0.353 e. The van der Waals surface area contributed by atoms with Gasteiger partial charge in [0.15, 0.2) is 0 Å². The van der Waals surface area contributed by atoms with Gasteiger partial charge in [0.1, 0.15) is 0 Å². The van der Waals surface area contributed by atoms with E-state index in [-0.39, 0.29) is 17.9 Å². The number of likely N-dealkylation sites (tertiary alicyclic amines) is 1. The van der Waals surface area contributed by atoms with Crippen LogP contribution in [0.25, 0.3) is 0 Å². The van der Waals surface area contributed by atoms with Gasteiger partial charge in [-0.2, -0.15) is 0 Å². The van der Waals surface area contributed by atoms with Gasteiger partial charge in [-0.15, -0.1) is 0 Å². The summed E-state index contributed by atoms with van der Waals surface area (Å²) in [7, 11) is 2.15. The molecular formula is C15H29N3O. The summed E-state index contributed by atoms with van der Waals surface area (Å²) in [6.07, 6.45) is 3.99. The van der Waals surface area contributed by atoms with E-state index in [1.165, 1.54) is 0 Å². The molecule has 1 aliphatic heterocycles. The number of amides is 1. The van der Waals surface area contributed by atoms with E-state index in [1.807, 2.05) is 0 Å². The molecule has 1 heterocycles. The van der Waals surface area contributed by atoms with E-state index < -0.39 is 0 Å². The zero-order chi connectivity index (χ0) is 14.0. The van der Waals surface area contributed by atoms with E-state index in [0.717, 1.165) is 38.8 Å². The average Bonchev–Trinajstić information content (AvgIpc) is 2.31. The summed E-state index contributed by atoms with van der Waals surface area (Å²) in [5.74, 6) is 1.49. The third-order valence-electron chi connectivity index (χ3n) is 4.79. The first-order valence-corrected chi connectivity index (χ1v) is 7.70. The fraction of sp³-hybridized carbons (Fsp3) is 0.933. The van der Waals surface area contributed by atoms with Gasteiger partial charge in [0, 0.05) is 24.5 Å². The fourth-order valence-electron chi connectivity index (χ4n) is 3.74. The number of nitrogens with two attached hydrogens (primary N) is 1. The summed E-state index contributed by atoms with van der Waals surface area (Å²) in [5, 5.41) is 3.28. The molecule has 0 bridgehead atoms. The van der Waals surface area contributed by atoms with Gasteiger partial charge in [-0.25, -0.2) is 0 Å². The lowest BCUT2D eigenvalue weighted by Gasteiger charge is -2.37. The van der Waals surface area contributed by atoms with Crippen molar-refractivity contribution in [3.63, 3.8) is 0 Å². The zero-order valence-corrected chi connectivity index (χ0v) is 12.6. The molecule has 1 aliphatic carbocycles. The highest BCUT2D eigenvalue weighted by atomic mass is 16.1. The molecule has 3 N–H and O–H groups in total. The van der Waals surface area contributed by atoms with Gasteiger partial charge >= 0.3 is 0 Å².